The van der Waals surface area contributed by atoms with Crippen LogP contribution in [0.5, 0.6) is 0 Å². The van der Waals surface area contributed by atoms with Crippen molar-refractivity contribution < 1.29 is 33.6 Å². The molecule has 0 spiro atoms. The monoisotopic (exact) mass is 446 g/mol. The first-order chi connectivity index (χ1) is 14.9. The summed E-state index contributed by atoms with van der Waals surface area (Å²) in [5, 5.41) is 10.9. The first kappa shape index (κ1) is 23.1. The summed E-state index contributed by atoms with van der Waals surface area (Å²) >= 11 is 0. The van der Waals surface area contributed by atoms with E-state index in [-0.39, 0.29) is 17.8 Å². The lowest BCUT2D eigenvalue weighted by Crippen LogP contribution is -2.46. The van der Waals surface area contributed by atoms with E-state index in [0.29, 0.717) is 30.8 Å². The Hall–Kier alpha value is -2.12. The topological polar surface area (TPSA) is 91.3 Å². The molecule has 3 aliphatic heterocycles. The van der Waals surface area contributed by atoms with Gasteiger partial charge in [0, 0.05) is 5.92 Å². The van der Waals surface area contributed by atoms with Crippen molar-refractivity contribution in [3.63, 3.8) is 0 Å². The van der Waals surface area contributed by atoms with Crippen LogP contribution in [-0.4, -0.2) is 41.6 Å². The Morgan fingerprint density at radius 3 is 2.53 bits per heavy atom. The van der Waals surface area contributed by atoms with Gasteiger partial charge in [-0.3, -0.25) is 4.79 Å². The zero-order valence-corrected chi connectivity index (χ0v) is 20.0. The van der Waals surface area contributed by atoms with Crippen LogP contribution in [0.2, 0.25) is 0 Å². The van der Waals surface area contributed by atoms with Crippen molar-refractivity contribution in [3.05, 3.63) is 34.3 Å². The molecule has 0 saturated carbocycles. The maximum atomic E-state index is 12.8. The van der Waals surface area contributed by atoms with Gasteiger partial charge in [-0.05, 0) is 69.6 Å². The van der Waals surface area contributed by atoms with E-state index in [4.69, 9.17) is 18.9 Å². The number of carbonyl (C=O) groups is 2. The van der Waals surface area contributed by atoms with Crippen LogP contribution in [-0.2, 0) is 28.5 Å². The summed E-state index contributed by atoms with van der Waals surface area (Å²) in [7, 11) is 1.51. The number of fused-ring (bicyclic) bond motifs is 1. The highest BCUT2D eigenvalue weighted by atomic mass is 16.7. The van der Waals surface area contributed by atoms with E-state index in [1.807, 2.05) is 20.8 Å². The van der Waals surface area contributed by atoms with Gasteiger partial charge in [-0.2, -0.15) is 0 Å². The minimum atomic E-state index is -1.59. The van der Waals surface area contributed by atoms with Gasteiger partial charge in [-0.15, -0.1) is 0 Å². The zero-order valence-electron chi connectivity index (χ0n) is 20.0. The number of rotatable bonds is 2. The van der Waals surface area contributed by atoms with E-state index in [1.54, 1.807) is 0 Å². The molecule has 0 aromatic heterocycles. The smallest absolute Gasteiger partial charge is 0.374 e. The molecule has 0 radical (unpaired) electrons. The highest BCUT2D eigenvalue weighted by Gasteiger charge is 2.62. The minimum Gasteiger partial charge on any atom is -0.490 e. The number of methoxy groups -OCH3 is 1. The molecule has 32 heavy (non-hydrogen) atoms. The number of ether oxygens (including phenoxy) is 4. The predicted octanol–water partition coefficient (Wildman–Crippen LogP) is 3.78. The first-order valence-electron chi connectivity index (χ1n) is 11.4. The molecule has 1 aliphatic carbocycles. The van der Waals surface area contributed by atoms with Gasteiger partial charge in [0.25, 0.3) is 0 Å². The molecule has 1 N–H and O–H groups in total. The van der Waals surface area contributed by atoms with E-state index >= 15 is 0 Å². The summed E-state index contributed by atoms with van der Waals surface area (Å²) in [6.07, 6.45) is 3.42. The summed E-state index contributed by atoms with van der Waals surface area (Å²) in [6.45, 7) is 11.5. The lowest BCUT2D eigenvalue weighted by molar-refractivity contribution is -0.201. The van der Waals surface area contributed by atoms with Crippen LogP contribution in [0.3, 0.4) is 0 Å². The molecule has 176 valence electrons. The van der Waals surface area contributed by atoms with Gasteiger partial charge in [0.2, 0.25) is 5.76 Å². The second-order valence-corrected chi connectivity index (χ2v) is 10.2. The number of allylic oxidation sites excluding steroid dienone is 2. The predicted molar refractivity (Wildman–Crippen MR) is 116 cm³/mol. The SMILES string of the molecule is COC1=C(C(C)C)[C@H]2C/C=C(\C)[C@@H]3O[C@@](C)(O)[C@H]4C(=O)O/C(=C(\C)CC[C@]2(C)OC1=O)[C@@H]34. The molecule has 2 saturated heterocycles. The summed E-state index contributed by atoms with van der Waals surface area (Å²) in [5.74, 6) is -2.68. The molecule has 0 bridgehead atoms. The molecule has 0 aromatic carbocycles. The molecule has 3 heterocycles. The molecular formula is C25H34O7. The molecule has 0 unspecified atom stereocenters. The van der Waals surface area contributed by atoms with Gasteiger partial charge in [-0.25, -0.2) is 4.79 Å². The largest absolute Gasteiger partial charge is 0.490 e. The fourth-order valence-corrected chi connectivity index (χ4v) is 5.93. The molecule has 7 heteroatoms. The van der Waals surface area contributed by atoms with E-state index in [1.165, 1.54) is 14.0 Å². The second-order valence-electron chi connectivity index (χ2n) is 10.2. The maximum absolute atomic E-state index is 12.8. The number of esters is 2. The first-order valence-corrected chi connectivity index (χ1v) is 11.4. The highest BCUT2D eigenvalue weighted by Crippen LogP contribution is 2.53. The van der Waals surface area contributed by atoms with Crippen molar-refractivity contribution in [1.82, 2.24) is 0 Å². The van der Waals surface area contributed by atoms with Gasteiger partial charge in [0.1, 0.15) is 17.3 Å². The molecule has 0 aromatic rings. The normalized spacial score (nSPS) is 43.7. The van der Waals surface area contributed by atoms with Gasteiger partial charge in [-0.1, -0.05) is 19.9 Å². The van der Waals surface area contributed by atoms with Crippen LogP contribution in [0.25, 0.3) is 0 Å². The maximum Gasteiger partial charge on any atom is 0.374 e. The molecular weight excluding hydrogens is 412 g/mol. The summed E-state index contributed by atoms with van der Waals surface area (Å²) in [5.41, 5.74) is 2.06. The molecule has 0 amide bonds. The van der Waals surface area contributed by atoms with Crippen LogP contribution in [0.4, 0.5) is 0 Å². The third-order valence-corrected chi connectivity index (χ3v) is 7.65. The molecule has 2 fully saturated rings. The van der Waals surface area contributed by atoms with Crippen LogP contribution < -0.4 is 0 Å². The number of aliphatic hydroxyl groups is 1. The Bertz CT molecular complexity index is 938. The molecule has 7 nitrogen and oxygen atoms in total. The van der Waals surface area contributed by atoms with E-state index in [2.05, 4.69) is 19.9 Å². The third kappa shape index (κ3) is 3.41. The molecule has 6 atom stereocenters. The van der Waals surface area contributed by atoms with Gasteiger partial charge in [0.15, 0.2) is 5.79 Å². The Morgan fingerprint density at radius 2 is 1.91 bits per heavy atom. The van der Waals surface area contributed by atoms with Crippen molar-refractivity contribution >= 4 is 11.9 Å². The third-order valence-electron chi connectivity index (χ3n) is 7.65. The number of carbonyl (C=O) groups excluding carboxylic acids is 2. The standard InChI is InChI=1S/C25H34O7/c1-12(2)16-15-9-8-13(3)20-17-18(25(6,28)31-20)22(26)30-19(17)14(4)10-11-24(15,5)32-23(27)21(16)29-7/h8,12,15,17-18,20,28H,9-11H2,1-7H3/b13-8+,19-14+/t15-,17+,18-,20+,24+,25-/m1/s1. The van der Waals surface area contributed by atoms with Crippen LogP contribution in [0, 0.1) is 23.7 Å². The second kappa shape index (κ2) is 7.73. The lowest BCUT2D eigenvalue weighted by atomic mass is 9.72. The fourth-order valence-electron chi connectivity index (χ4n) is 5.93. The Balaban J connectivity index is 1.84. The fraction of sp³-hybridized carbons (Fsp3) is 0.680. The van der Waals surface area contributed by atoms with E-state index < -0.39 is 35.3 Å². The number of hydrogen-bond acceptors (Lipinski definition) is 7. The van der Waals surface area contributed by atoms with Gasteiger partial charge >= 0.3 is 11.9 Å². The number of hydrogen-bond donors (Lipinski definition) is 1. The molecule has 4 rings (SSSR count). The van der Waals surface area contributed by atoms with Gasteiger partial charge < -0.3 is 24.1 Å². The van der Waals surface area contributed by atoms with Crippen molar-refractivity contribution in [2.45, 2.75) is 78.3 Å². The highest BCUT2D eigenvalue weighted by molar-refractivity contribution is 5.89. The van der Waals surface area contributed by atoms with Crippen LogP contribution >= 0.6 is 0 Å². The van der Waals surface area contributed by atoms with Gasteiger partial charge in [0.05, 0.1) is 19.1 Å². The average Bonchev–Trinajstić information content (AvgIpc) is 3.19. The van der Waals surface area contributed by atoms with Crippen molar-refractivity contribution in [2.24, 2.45) is 23.7 Å². The summed E-state index contributed by atoms with van der Waals surface area (Å²) in [4.78, 5) is 25.5. The molecule has 4 aliphatic rings. The van der Waals surface area contributed by atoms with Crippen LogP contribution in [0.1, 0.15) is 60.8 Å². The Morgan fingerprint density at radius 1 is 1.22 bits per heavy atom. The van der Waals surface area contributed by atoms with E-state index in [0.717, 1.165) is 16.7 Å². The quantitative estimate of drug-likeness (QED) is 0.510. The summed E-state index contributed by atoms with van der Waals surface area (Å²) in [6, 6.07) is 0. The van der Waals surface area contributed by atoms with Crippen molar-refractivity contribution in [1.29, 1.82) is 0 Å². The van der Waals surface area contributed by atoms with Crippen molar-refractivity contribution in [3.8, 4) is 0 Å². The van der Waals surface area contributed by atoms with Crippen LogP contribution in [0.15, 0.2) is 34.3 Å². The van der Waals surface area contributed by atoms with Crippen molar-refractivity contribution in [2.75, 3.05) is 7.11 Å². The minimum absolute atomic E-state index is 0.0684. The van der Waals surface area contributed by atoms with E-state index in [9.17, 15) is 14.7 Å². The average molecular weight is 447 g/mol. The lowest BCUT2D eigenvalue weighted by Gasteiger charge is -2.43. The Labute approximate surface area is 189 Å². The zero-order chi connectivity index (χ0) is 23.6. The summed E-state index contributed by atoms with van der Waals surface area (Å²) < 4.78 is 23.2. The Kier molecular flexibility index (Phi) is 5.57.